The molecular formula is C17H23NO6. The summed E-state index contributed by atoms with van der Waals surface area (Å²) in [5, 5.41) is 12.9. The molecular weight excluding hydrogens is 314 g/mol. The van der Waals surface area contributed by atoms with Gasteiger partial charge in [-0.1, -0.05) is 6.42 Å². The van der Waals surface area contributed by atoms with E-state index in [1.807, 2.05) is 0 Å². The van der Waals surface area contributed by atoms with Crippen molar-refractivity contribution in [2.24, 2.45) is 0 Å². The van der Waals surface area contributed by atoms with Crippen molar-refractivity contribution in [2.75, 3.05) is 26.1 Å². The van der Waals surface area contributed by atoms with E-state index in [9.17, 15) is 14.7 Å². The summed E-state index contributed by atoms with van der Waals surface area (Å²) >= 11 is 0. The minimum Gasteiger partial charge on any atom is -0.497 e. The van der Waals surface area contributed by atoms with Crippen LogP contribution in [0.15, 0.2) is 18.2 Å². The molecule has 0 bridgehead atoms. The quantitative estimate of drug-likeness (QED) is 0.770. The minimum absolute atomic E-state index is 0.372. The van der Waals surface area contributed by atoms with Gasteiger partial charge in [0, 0.05) is 6.07 Å². The van der Waals surface area contributed by atoms with Crippen molar-refractivity contribution in [1.29, 1.82) is 0 Å². The van der Waals surface area contributed by atoms with Gasteiger partial charge in [0.2, 0.25) is 0 Å². The molecule has 2 N–H and O–H groups in total. The topological polar surface area (TPSA) is 94.1 Å². The van der Waals surface area contributed by atoms with Gasteiger partial charge in [-0.2, -0.15) is 0 Å². The molecule has 24 heavy (non-hydrogen) atoms. The molecule has 1 saturated carbocycles. The lowest BCUT2D eigenvalue weighted by Crippen LogP contribution is -2.42. The van der Waals surface area contributed by atoms with Gasteiger partial charge < -0.3 is 24.6 Å². The molecule has 0 aromatic heterocycles. The lowest BCUT2D eigenvalue weighted by atomic mass is 9.85. The average Bonchev–Trinajstić information content (AvgIpc) is 2.60. The number of aliphatic hydroxyl groups is 1. The van der Waals surface area contributed by atoms with E-state index in [0.717, 1.165) is 19.3 Å². The predicted octanol–water partition coefficient (Wildman–Crippen LogP) is 1.88. The third-order valence-corrected chi connectivity index (χ3v) is 4.08. The van der Waals surface area contributed by atoms with Gasteiger partial charge in [0.25, 0.3) is 5.91 Å². The molecule has 0 unspecified atom stereocenters. The number of hydrogen-bond acceptors (Lipinski definition) is 6. The zero-order chi connectivity index (χ0) is 17.6. The number of amides is 1. The second-order valence-corrected chi connectivity index (χ2v) is 5.78. The maximum atomic E-state index is 12.0. The Morgan fingerprint density at radius 1 is 1.17 bits per heavy atom. The standard InChI is InChI=1S/C17H23NO6/c1-22-12-6-7-14(23-2)13(10-12)18-15(19)11-24-16(20)17(21)8-4-3-5-9-17/h6-7,10,21H,3-5,8-9,11H2,1-2H3,(H,18,19). The zero-order valence-electron chi connectivity index (χ0n) is 14.0. The van der Waals surface area contributed by atoms with Crippen LogP contribution < -0.4 is 14.8 Å². The molecule has 132 valence electrons. The Balaban J connectivity index is 1.92. The van der Waals surface area contributed by atoms with E-state index in [-0.39, 0.29) is 0 Å². The lowest BCUT2D eigenvalue weighted by molar-refractivity contribution is -0.170. The summed E-state index contributed by atoms with van der Waals surface area (Å²) < 4.78 is 15.2. The molecule has 0 heterocycles. The highest BCUT2D eigenvalue weighted by Gasteiger charge is 2.38. The molecule has 0 atom stereocenters. The van der Waals surface area contributed by atoms with Crippen LogP contribution in [0.4, 0.5) is 5.69 Å². The number of esters is 1. The Bertz CT molecular complexity index is 595. The number of rotatable bonds is 6. The van der Waals surface area contributed by atoms with Crippen LogP contribution in [-0.4, -0.2) is 43.4 Å². The molecule has 0 spiro atoms. The molecule has 0 saturated heterocycles. The zero-order valence-corrected chi connectivity index (χ0v) is 14.0. The van der Waals surface area contributed by atoms with Crippen molar-refractivity contribution >= 4 is 17.6 Å². The smallest absolute Gasteiger partial charge is 0.338 e. The number of nitrogens with one attached hydrogen (secondary N) is 1. The summed E-state index contributed by atoms with van der Waals surface area (Å²) in [6.07, 6.45) is 3.29. The van der Waals surface area contributed by atoms with Crippen LogP contribution >= 0.6 is 0 Å². The van der Waals surface area contributed by atoms with Crippen molar-refractivity contribution in [3.8, 4) is 11.5 Å². The molecule has 1 aliphatic carbocycles. The maximum absolute atomic E-state index is 12.0. The second kappa shape index (κ2) is 8.01. The lowest BCUT2D eigenvalue weighted by Gasteiger charge is -2.29. The van der Waals surface area contributed by atoms with Gasteiger partial charge in [-0.25, -0.2) is 4.79 Å². The molecule has 0 aliphatic heterocycles. The van der Waals surface area contributed by atoms with Gasteiger partial charge in [0.1, 0.15) is 11.5 Å². The first kappa shape index (κ1) is 18.1. The highest BCUT2D eigenvalue weighted by molar-refractivity contribution is 5.94. The van der Waals surface area contributed by atoms with Crippen molar-refractivity contribution in [3.63, 3.8) is 0 Å². The van der Waals surface area contributed by atoms with Crippen molar-refractivity contribution in [2.45, 2.75) is 37.7 Å². The molecule has 1 aromatic rings. The number of anilines is 1. The first-order chi connectivity index (χ1) is 11.5. The number of methoxy groups -OCH3 is 2. The van der Waals surface area contributed by atoms with E-state index >= 15 is 0 Å². The number of hydrogen-bond donors (Lipinski definition) is 2. The molecule has 1 aromatic carbocycles. The SMILES string of the molecule is COc1ccc(OC)c(NC(=O)COC(=O)C2(O)CCCCC2)c1. The molecule has 0 radical (unpaired) electrons. The van der Waals surface area contributed by atoms with Gasteiger partial charge in [-0.3, -0.25) is 4.79 Å². The molecule has 1 amide bonds. The number of benzene rings is 1. The van der Waals surface area contributed by atoms with Gasteiger partial charge in [0.15, 0.2) is 12.2 Å². The predicted molar refractivity (Wildman–Crippen MR) is 87.2 cm³/mol. The highest BCUT2D eigenvalue weighted by atomic mass is 16.6. The van der Waals surface area contributed by atoms with Crippen LogP contribution in [0.1, 0.15) is 32.1 Å². The van der Waals surface area contributed by atoms with E-state index in [2.05, 4.69) is 5.32 Å². The Hall–Kier alpha value is -2.28. The summed E-state index contributed by atoms with van der Waals surface area (Å²) in [6, 6.07) is 4.96. The van der Waals surface area contributed by atoms with Crippen LogP contribution in [0.25, 0.3) is 0 Å². The van der Waals surface area contributed by atoms with Crippen molar-refractivity contribution < 1.29 is 28.9 Å². The third-order valence-electron chi connectivity index (χ3n) is 4.08. The molecule has 1 fully saturated rings. The summed E-state index contributed by atoms with van der Waals surface area (Å²) in [5.41, 5.74) is -1.05. The fourth-order valence-corrected chi connectivity index (χ4v) is 2.70. The Morgan fingerprint density at radius 2 is 1.88 bits per heavy atom. The van der Waals surface area contributed by atoms with E-state index < -0.39 is 24.1 Å². The van der Waals surface area contributed by atoms with Crippen molar-refractivity contribution in [3.05, 3.63) is 18.2 Å². The van der Waals surface area contributed by atoms with Crippen LogP contribution in [0, 0.1) is 0 Å². The summed E-state index contributed by atoms with van der Waals surface area (Å²) in [6.45, 7) is -0.471. The van der Waals surface area contributed by atoms with E-state index in [0.29, 0.717) is 30.0 Å². The molecule has 2 rings (SSSR count). The number of carbonyl (C=O) groups is 2. The number of ether oxygens (including phenoxy) is 3. The van der Waals surface area contributed by atoms with Crippen LogP contribution in [0.5, 0.6) is 11.5 Å². The van der Waals surface area contributed by atoms with Crippen LogP contribution in [0.3, 0.4) is 0 Å². The summed E-state index contributed by atoms with van der Waals surface area (Å²) in [5.74, 6) is -0.245. The van der Waals surface area contributed by atoms with E-state index in [1.165, 1.54) is 14.2 Å². The Labute approximate surface area is 140 Å². The second-order valence-electron chi connectivity index (χ2n) is 5.78. The van der Waals surface area contributed by atoms with Crippen molar-refractivity contribution in [1.82, 2.24) is 0 Å². The Morgan fingerprint density at radius 3 is 2.50 bits per heavy atom. The largest absolute Gasteiger partial charge is 0.497 e. The summed E-state index contributed by atoms with van der Waals surface area (Å²) in [7, 11) is 3.00. The molecule has 1 aliphatic rings. The number of carbonyl (C=O) groups excluding carboxylic acids is 2. The molecule has 7 nitrogen and oxygen atoms in total. The van der Waals surface area contributed by atoms with E-state index in [1.54, 1.807) is 18.2 Å². The Kier molecular flexibility index (Phi) is 6.03. The first-order valence-corrected chi connectivity index (χ1v) is 7.90. The summed E-state index contributed by atoms with van der Waals surface area (Å²) in [4.78, 5) is 24.0. The van der Waals surface area contributed by atoms with Gasteiger partial charge >= 0.3 is 5.97 Å². The highest BCUT2D eigenvalue weighted by Crippen LogP contribution is 2.30. The minimum atomic E-state index is -1.47. The fraction of sp³-hybridized carbons (Fsp3) is 0.529. The first-order valence-electron chi connectivity index (χ1n) is 7.90. The van der Waals surface area contributed by atoms with Crippen LogP contribution in [0.2, 0.25) is 0 Å². The van der Waals surface area contributed by atoms with Crippen LogP contribution in [-0.2, 0) is 14.3 Å². The third kappa shape index (κ3) is 4.38. The van der Waals surface area contributed by atoms with Gasteiger partial charge in [-0.05, 0) is 37.8 Å². The average molecular weight is 337 g/mol. The molecule has 7 heteroatoms. The maximum Gasteiger partial charge on any atom is 0.338 e. The van der Waals surface area contributed by atoms with E-state index in [4.69, 9.17) is 14.2 Å². The van der Waals surface area contributed by atoms with Gasteiger partial charge in [0.05, 0.1) is 19.9 Å². The van der Waals surface area contributed by atoms with Gasteiger partial charge in [-0.15, -0.1) is 0 Å². The normalized spacial score (nSPS) is 16.1. The fourth-order valence-electron chi connectivity index (χ4n) is 2.70. The monoisotopic (exact) mass is 337 g/mol.